The number of hydrogen-bond donors (Lipinski definition) is 1. The molecular weight excluding hydrogens is 302 g/mol. The summed E-state index contributed by atoms with van der Waals surface area (Å²) in [6.07, 6.45) is 3.75. The Hall–Kier alpha value is -3.32. The first-order valence-electron chi connectivity index (χ1n) is 8.55. The monoisotopic (exact) mass is 319 g/mol. The van der Waals surface area contributed by atoms with Crippen LogP contribution in [0.2, 0.25) is 0 Å². The molecule has 6 aromatic rings. The molecule has 1 heteroatoms. The van der Waals surface area contributed by atoms with Gasteiger partial charge in [0, 0.05) is 12.4 Å². The molecule has 0 saturated heterocycles. The molecule has 0 unspecified atom stereocenters. The molecule has 1 N–H and O–H groups in total. The molecule has 0 atom stereocenters. The summed E-state index contributed by atoms with van der Waals surface area (Å²) in [7, 11) is 0. The van der Waals surface area contributed by atoms with Gasteiger partial charge < -0.3 is 4.98 Å². The van der Waals surface area contributed by atoms with Gasteiger partial charge in [-0.05, 0) is 55.2 Å². The van der Waals surface area contributed by atoms with Gasteiger partial charge in [0.05, 0.1) is 0 Å². The molecule has 6 rings (SSSR count). The maximum atomic E-state index is 2.86. The molecule has 25 heavy (non-hydrogen) atoms. The summed E-state index contributed by atoms with van der Waals surface area (Å²) in [4.78, 5) is 2.86. The van der Waals surface area contributed by atoms with Crippen molar-refractivity contribution in [2.24, 2.45) is 0 Å². The summed E-state index contributed by atoms with van der Waals surface area (Å²) >= 11 is 0. The van der Waals surface area contributed by atoms with E-state index in [4.69, 9.17) is 0 Å². The Morgan fingerprint density at radius 1 is 0.400 bits per heavy atom. The van der Waals surface area contributed by atoms with Crippen LogP contribution in [0.5, 0.6) is 0 Å². The van der Waals surface area contributed by atoms with Crippen molar-refractivity contribution in [1.82, 2.24) is 4.98 Å². The van der Waals surface area contributed by atoms with Crippen LogP contribution in [0, 0.1) is 0 Å². The van der Waals surface area contributed by atoms with Crippen LogP contribution >= 0.6 is 0 Å². The topological polar surface area (TPSA) is 15.8 Å². The Morgan fingerprint density at radius 3 is 1.04 bits per heavy atom. The highest BCUT2D eigenvalue weighted by Crippen LogP contribution is 2.39. The molecule has 0 aliphatic rings. The van der Waals surface area contributed by atoms with Crippen molar-refractivity contribution >= 4 is 43.1 Å². The zero-order chi connectivity index (χ0) is 16.6. The third kappa shape index (κ3) is 2.17. The molecule has 0 fully saturated rings. The van der Waals surface area contributed by atoms with E-state index in [2.05, 4.69) is 77.8 Å². The van der Waals surface area contributed by atoms with Gasteiger partial charge in [0.15, 0.2) is 0 Å². The number of rotatable bonds is 0. The Kier molecular flexibility index (Phi) is 3.17. The fourth-order valence-corrected chi connectivity index (χ4v) is 3.86. The van der Waals surface area contributed by atoms with E-state index in [0.29, 0.717) is 0 Å². The van der Waals surface area contributed by atoms with E-state index in [9.17, 15) is 0 Å². The van der Waals surface area contributed by atoms with Crippen molar-refractivity contribution < 1.29 is 0 Å². The zero-order valence-corrected chi connectivity index (χ0v) is 13.7. The smallest absolute Gasteiger partial charge is 0.000496 e. The van der Waals surface area contributed by atoms with Gasteiger partial charge in [0.1, 0.15) is 0 Å². The largest absolute Gasteiger partial charge is 0.368 e. The molecule has 1 nitrogen and oxygen atoms in total. The Balaban J connectivity index is 0.000000244. The van der Waals surface area contributed by atoms with Crippen LogP contribution in [-0.2, 0) is 0 Å². The van der Waals surface area contributed by atoms with Crippen molar-refractivity contribution in [3.05, 3.63) is 97.3 Å². The van der Waals surface area contributed by atoms with Crippen LogP contribution in [0.25, 0.3) is 43.1 Å². The van der Waals surface area contributed by atoms with Gasteiger partial charge in [-0.1, -0.05) is 72.8 Å². The molecule has 0 saturated carbocycles. The molecule has 1 aromatic heterocycles. The molecule has 0 aliphatic carbocycles. The second-order valence-corrected chi connectivity index (χ2v) is 6.30. The summed E-state index contributed by atoms with van der Waals surface area (Å²) in [5.41, 5.74) is 0. The van der Waals surface area contributed by atoms with E-state index in [1.54, 1.807) is 0 Å². The third-order valence-electron chi connectivity index (χ3n) is 4.89. The number of H-pyrrole nitrogens is 1. The molecule has 5 aromatic carbocycles. The van der Waals surface area contributed by atoms with Gasteiger partial charge in [-0.3, -0.25) is 0 Å². The lowest BCUT2D eigenvalue weighted by Crippen LogP contribution is -1.85. The molecule has 0 amide bonds. The van der Waals surface area contributed by atoms with Crippen molar-refractivity contribution in [3.63, 3.8) is 0 Å². The van der Waals surface area contributed by atoms with Crippen molar-refractivity contribution in [3.8, 4) is 0 Å². The number of aromatic amines is 1. The van der Waals surface area contributed by atoms with E-state index in [1.165, 1.54) is 43.1 Å². The molecule has 0 spiro atoms. The van der Waals surface area contributed by atoms with Gasteiger partial charge in [0.25, 0.3) is 0 Å². The van der Waals surface area contributed by atoms with Crippen LogP contribution in [0.4, 0.5) is 0 Å². The minimum absolute atomic E-state index is 1.33. The second kappa shape index (κ2) is 5.64. The number of benzene rings is 5. The summed E-state index contributed by atoms with van der Waals surface area (Å²) in [6.45, 7) is 0. The number of hydrogen-bond acceptors (Lipinski definition) is 0. The van der Waals surface area contributed by atoms with E-state index in [1.807, 2.05) is 24.5 Å². The standard InChI is InChI=1S/C20H12.C4H5N/c1-5-13-6-2-11-17-18-12-4-8-14-7-3-10-16(20(14)18)15(9-1)19(13)17;1-2-4-5-3-1/h1-12H;1-5H. The molecule has 0 bridgehead atoms. The first-order valence-corrected chi connectivity index (χ1v) is 8.55. The zero-order valence-electron chi connectivity index (χ0n) is 13.7. The van der Waals surface area contributed by atoms with Crippen LogP contribution in [0.15, 0.2) is 97.3 Å². The maximum Gasteiger partial charge on any atom is 0.000496 e. The first kappa shape index (κ1) is 14.1. The van der Waals surface area contributed by atoms with Crippen LogP contribution in [0.3, 0.4) is 0 Å². The summed E-state index contributed by atoms with van der Waals surface area (Å²) < 4.78 is 0. The summed E-state index contributed by atoms with van der Waals surface area (Å²) in [5, 5.41) is 10.9. The molecular formula is C24H17N. The average molecular weight is 319 g/mol. The van der Waals surface area contributed by atoms with E-state index < -0.39 is 0 Å². The molecule has 0 radical (unpaired) electrons. The van der Waals surface area contributed by atoms with Gasteiger partial charge in [-0.25, -0.2) is 0 Å². The number of nitrogens with one attached hydrogen (secondary N) is 1. The Morgan fingerprint density at radius 2 is 0.760 bits per heavy atom. The minimum atomic E-state index is 1.33. The fraction of sp³-hybridized carbons (Fsp3) is 0. The maximum absolute atomic E-state index is 2.86. The Labute approximate surface area is 145 Å². The summed E-state index contributed by atoms with van der Waals surface area (Å²) in [5.74, 6) is 0. The second-order valence-electron chi connectivity index (χ2n) is 6.30. The SMILES string of the molecule is c1cc2cccc3c4cccc5cccc(c(c1)c23)c54.c1cc[nH]c1. The van der Waals surface area contributed by atoms with Crippen LogP contribution < -0.4 is 0 Å². The quantitative estimate of drug-likeness (QED) is 0.235. The molecule has 118 valence electrons. The Bertz CT molecular complexity index is 1090. The predicted molar refractivity (Wildman–Crippen MR) is 108 cm³/mol. The van der Waals surface area contributed by atoms with Crippen molar-refractivity contribution in [2.75, 3.05) is 0 Å². The molecule has 1 heterocycles. The van der Waals surface area contributed by atoms with E-state index >= 15 is 0 Å². The minimum Gasteiger partial charge on any atom is -0.368 e. The van der Waals surface area contributed by atoms with Crippen molar-refractivity contribution in [2.45, 2.75) is 0 Å². The number of fused-ring (bicyclic) bond motifs is 2. The average Bonchev–Trinajstić information content (AvgIpc) is 3.26. The highest BCUT2D eigenvalue weighted by Gasteiger charge is 2.11. The van der Waals surface area contributed by atoms with Gasteiger partial charge in [-0.15, -0.1) is 0 Å². The highest BCUT2D eigenvalue weighted by atomic mass is 14.6. The lowest BCUT2D eigenvalue weighted by Gasteiger charge is -2.13. The van der Waals surface area contributed by atoms with E-state index in [0.717, 1.165) is 0 Å². The highest BCUT2D eigenvalue weighted by molar-refractivity contribution is 6.32. The predicted octanol–water partition coefficient (Wildman–Crippen LogP) is 6.75. The van der Waals surface area contributed by atoms with Crippen molar-refractivity contribution in [1.29, 1.82) is 0 Å². The summed E-state index contributed by atoms with van der Waals surface area (Å²) in [6, 6.07) is 30.3. The van der Waals surface area contributed by atoms with Gasteiger partial charge in [-0.2, -0.15) is 0 Å². The van der Waals surface area contributed by atoms with Gasteiger partial charge >= 0.3 is 0 Å². The first-order chi connectivity index (χ1) is 12.4. The molecule has 0 aliphatic heterocycles. The lowest BCUT2D eigenvalue weighted by molar-refractivity contribution is 1.42. The number of aromatic nitrogens is 1. The van der Waals surface area contributed by atoms with Crippen LogP contribution in [-0.4, -0.2) is 4.98 Å². The normalized spacial score (nSPS) is 11.2. The fourth-order valence-electron chi connectivity index (χ4n) is 3.86. The van der Waals surface area contributed by atoms with Crippen LogP contribution in [0.1, 0.15) is 0 Å². The third-order valence-corrected chi connectivity index (χ3v) is 4.89. The van der Waals surface area contributed by atoms with E-state index in [-0.39, 0.29) is 0 Å². The lowest BCUT2D eigenvalue weighted by atomic mass is 9.90. The van der Waals surface area contributed by atoms with Gasteiger partial charge in [0.2, 0.25) is 0 Å².